The normalized spacial score (nSPS) is 14.1. The second-order valence-corrected chi connectivity index (χ2v) is 5.23. The van der Waals surface area contributed by atoms with Crippen LogP contribution in [0.1, 0.15) is 6.92 Å². The molecule has 114 valence electrons. The third-order valence-corrected chi connectivity index (χ3v) is 3.12. The number of methoxy groups -OCH3 is 1. The largest absolute Gasteiger partial charge is 0.389 e. The number of anilines is 1. The molecule has 0 bridgehead atoms. The van der Waals surface area contributed by atoms with Gasteiger partial charge < -0.3 is 19.9 Å². The van der Waals surface area contributed by atoms with Crippen LogP contribution < -0.4 is 5.32 Å². The lowest BCUT2D eigenvalue weighted by molar-refractivity contribution is -0.0282. The van der Waals surface area contributed by atoms with Crippen molar-refractivity contribution in [2.24, 2.45) is 0 Å². The van der Waals surface area contributed by atoms with Gasteiger partial charge >= 0.3 is 0 Å². The Morgan fingerprint density at radius 3 is 2.65 bits per heavy atom. The molecule has 0 saturated heterocycles. The van der Waals surface area contributed by atoms with Crippen molar-refractivity contribution in [3.05, 3.63) is 28.2 Å². The third-order valence-electron chi connectivity index (χ3n) is 2.51. The highest BCUT2D eigenvalue weighted by atomic mass is 79.9. The fraction of sp³-hybridized carbons (Fsp3) is 0.538. The molecule has 1 aromatic rings. The summed E-state index contributed by atoms with van der Waals surface area (Å²) in [4.78, 5) is 0. The fourth-order valence-corrected chi connectivity index (χ4v) is 1.82. The van der Waals surface area contributed by atoms with Crippen molar-refractivity contribution in [2.45, 2.75) is 19.1 Å². The molecule has 0 fully saturated rings. The SMILES string of the molecule is COCC(C)OCC(O)CNc1cc(F)c(Br)cc1F. The van der Waals surface area contributed by atoms with E-state index in [0.29, 0.717) is 6.61 Å². The molecule has 4 nitrogen and oxygen atoms in total. The first-order valence-corrected chi connectivity index (χ1v) is 6.90. The highest BCUT2D eigenvalue weighted by Gasteiger charge is 2.11. The second kappa shape index (κ2) is 8.51. The Morgan fingerprint density at radius 2 is 2.00 bits per heavy atom. The van der Waals surface area contributed by atoms with Crippen LogP contribution in [0.2, 0.25) is 0 Å². The predicted octanol–water partition coefficient (Wildman–Crippen LogP) is 2.55. The molecule has 2 N–H and O–H groups in total. The van der Waals surface area contributed by atoms with Crippen molar-refractivity contribution in [2.75, 3.05) is 32.2 Å². The lowest BCUT2D eigenvalue weighted by Crippen LogP contribution is -2.28. The number of hydrogen-bond acceptors (Lipinski definition) is 4. The summed E-state index contributed by atoms with van der Waals surface area (Å²) in [6.45, 7) is 2.37. The van der Waals surface area contributed by atoms with Gasteiger partial charge in [0.2, 0.25) is 0 Å². The fourth-order valence-electron chi connectivity index (χ4n) is 1.50. The average Bonchev–Trinajstić information content (AvgIpc) is 2.39. The average molecular weight is 354 g/mol. The number of aliphatic hydroxyl groups excluding tert-OH is 1. The van der Waals surface area contributed by atoms with Gasteiger partial charge in [0.1, 0.15) is 11.6 Å². The van der Waals surface area contributed by atoms with Crippen LogP contribution in [0, 0.1) is 11.6 Å². The molecule has 1 aromatic carbocycles. The number of hydrogen-bond donors (Lipinski definition) is 2. The van der Waals surface area contributed by atoms with Crippen LogP contribution in [0.5, 0.6) is 0 Å². The summed E-state index contributed by atoms with van der Waals surface area (Å²) in [6.07, 6.45) is -0.975. The van der Waals surface area contributed by atoms with Crippen LogP contribution in [0.4, 0.5) is 14.5 Å². The van der Waals surface area contributed by atoms with E-state index in [1.165, 1.54) is 0 Å². The Bertz CT molecular complexity index is 434. The zero-order valence-electron chi connectivity index (χ0n) is 11.3. The number of rotatable bonds is 8. The van der Waals surface area contributed by atoms with Crippen LogP contribution in [0.25, 0.3) is 0 Å². The minimum Gasteiger partial charge on any atom is -0.389 e. The Labute approximate surface area is 125 Å². The molecule has 0 spiro atoms. The molecule has 7 heteroatoms. The minimum absolute atomic E-state index is 0.00492. The summed E-state index contributed by atoms with van der Waals surface area (Å²) in [5, 5.41) is 12.3. The number of benzene rings is 1. The third kappa shape index (κ3) is 5.70. The molecule has 0 heterocycles. The van der Waals surface area contributed by atoms with E-state index in [1.54, 1.807) is 7.11 Å². The van der Waals surface area contributed by atoms with Gasteiger partial charge in [-0.15, -0.1) is 0 Å². The second-order valence-electron chi connectivity index (χ2n) is 4.38. The molecule has 0 aliphatic rings. The van der Waals surface area contributed by atoms with E-state index in [9.17, 15) is 13.9 Å². The maximum atomic E-state index is 13.5. The van der Waals surface area contributed by atoms with Crippen LogP contribution in [0.3, 0.4) is 0 Å². The molecule has 0 radical (unpaired) electrons. The molecule has 2 atom stereocenters. The van der Waals surface area contributed by atoms with Crippen molar-refractivity contribution in [1.82, 2.24) is 0 Å². The van der Waals surface area contributed by atoms with Crippen molar-refractivity contribution in [3.8, 4) is 0 Å². The Balaban J connectivity index is 2.41. The summed E-state index contributed by atoms with van der Waals surface area (Å²) < 4.78 is 37.0. The van der Waals surface area contributed by atoms with Crippen molar-refractivity contribution < 1.29 is 23.4 Å². The highest BCUT2D eigenvalue weighted by molar-refractivity contribution is 9.10. The first-order valence-electron chi connectivity index (χ1n) is 6.11. The Kier molecular flexibility index (Phi) is 7.36. The minimum atomic E-state index is -0.833. The van der Waals surface area contributed by atoms with Gasteiger partial charge in [-0.3, -0.25) is 0 Å². The number of ether oxygens (including phenoxy) is 2. The van der Waals surface area contributed by atoms with E-state index in [-0.39, 0.29) is 29.4 Å². The molecular formula is C13H18BrF2NO3. The molecule has 0 aliphatic heterocycles. The number of nitrogens with one attached hydrogen (secondary N) is 1. The lowest BCUT2D eigenvalue weighted by Gasteiger charge is -2.17. The molecule has 20 heavy (non-hydrogen) atoms. The van der Waals surface area contributed by atoms with Gasteiger partial charge in [0.15, 0.2) is 0 Å². The highest BCUT2D eigenvalue weighted by Crippen LogP contribution is 2.23. The molecule has 0 aromatic heterocycles. The van der Waals surface area contributed by atoms with Gasteiger partial charge in [0.05, 0.1) is 35.6 Å². The first-order chi connectivity index (χ1) is 9.43. The van der Waals surface area contributed by atoms with Crippen LogP contribution in [-0.2, 0) is 9.47 Å². The van der Waals surface area contributed by atoms with Crippen molar-refractivity contribution in [1.29, 1.82) is 0 Å². The molecule has 1 rings (SSSR count). The van der Waals surface area contributed by atoms with Gasteiger partial charge in [-0.1, -0.05) is 0 Å². The quantitative estimate of drug-likeness (QED) is 0.705. The Morgan fingerprint density at radius 1 is 1.30 bits per heavy atom. The molecule has 0 amide bonds. The van der Waals surface area contributed by atoms with E-state index in [1.807, 2.05) is 6.92 Å². The zero-order valence-corrected chi connectivity index (χ0v) is 12.9. The zero-order chi connectivity index (χ0) is 15.1. The number of halogens is 3. The van der Waals surface area contributed by atoms with Gasteiger partial charge in [0.25, 0.3) is 0 Å². The maximum absolute atomic E-state index is 13.5. The van der Waals surface area contributed by atoms with Gasteiger partial charge in [0, 0.05) is 19.7 Å². The molecule has 0 saturated carbocycles. The van der Waals surface area contributed by atoms with E-state index < -0.39 is 17.7 Å². The van der Waals surface area contributed by atoms with E-state index >= 15 is 0 Å². The van der Waals surface area contributed by atoms with Crippen molar-refractivity contribution >= 4 is 21.6 Å². The monoisotopic (exact) mass is 353 g/mol. The molecule has 0 aliphatic carbocycles. The lowest BCUT2D eigenvalue weighted by atomic mass is 10.2. The molecular weight excluding hydrogens is 336 g/mol. The van der Waals surface area contributed by atoms with E-state index in [4.69, 9.17) is 9.47 Å². The first kappa shape index (κ1) is 17.3. The maximum Gasteiger partial charge on any atom is 0.147 e. The predicted molar refractivity (Wildman–Crippen MR) is 75.8 cm³/mol. The van der Waals surface area contributed by atoms with Crippen molar-refractivity contribution in [3.63, 3.8) is 0 Å². The smallest absolute Gasteiger partial charge is 0.147 e. The van der Waals surface area contributed by atoms with Crippen LogP contribution in [-0.4, -0.2) is 44.2 Å². The Hall–Kier alpha value is -0.760. The van der Waals surface area contributed by atoms with E-state index in [0.717, 1.165) is 12.1 Å². The summed E-state index contributed by atoms with van der Waals surface area (Å²) in [6, 6.07) is 2.06. The van der Waals surface area contributed by atoms with Gasteiger partial charge in [-0.2, -0.15) is 0 Å². The summed E-state index contributed by atoms with van der Waals surface area (Å²) in [7, 11) is 1.56. The topological polar surface area (TPSA) is 50.7 Å². The summed E-state index contributed by atoms with van der Waals surface area (Å²) in [5.74, 6) is -1.17. The summed E-state index contributed by atoms with van der Waals surface area (Å²) >= 11 is 2.89. The molecule has 2 unspecified atom stereocenters. The van der Waals surface area contributed by atoms with Gasteiger partial charge in [-0.25, -0.2) is 8.78 Å². The number of aliphatic hydroxyl groups is 1. The van der Waals surface area contributed by atoms with E-state index in [2.05, 4.69) is 21.2 Å². The van der Waals surface area contributed by atoms with Gasteiger partial charge in [-0.05, 0) is 28.9 Å². The van der Waals surface area contributed by atoms with Crippen LogP contribution in [0.15, 0.2) is 16.6 Å². The standard InChI is InChI=1S/C13H18BrF2NO3/c1-8(6-19-2)20-7-9(18)5-17-13-4-11(15)10(14)3-12(13)16/h3-4,8-9,17-18H,5-7H2,1-2H3. The summed E-state index contributed by atoms with van der Waals surface area (Å²) in [5.41, 5.74) is -0.00492. The van der Waals surface area contributed by atoms with Crippen LogP contribution >= 0.6 is 15.9 Å².